The van der Waals surface area contributed by atoms with Crippen molar-refractivity contribution in [1.82, 2.24) is 5.32 Å². The summed E-state index contributed by atoms with van der Waals surface area (Å²) in [6.07, 6.45) is 2.21. The zero-order valence-corrected chi connectivity index (χ0v) is 10.1. The fourth-order valence-electron chi connectivity index (χ4n) is 2.25. The van der Waals surface area contributed by atoms with Gasteiger partial charge in [0.2, 0.25) is 0 Å². The van der Waals surface area contributed by atoms with Crippen molar-refractivity contribution in [3.05, 3.63) is 0 Å². The maximum absolute atomic E-state index is 11.4. The summed E-state index contributed by atoms with van der Waals surface area (Å²) in [5, 5.41) is 13.2. The largest absolute Gasteiger partial charge is 0.386 e. The third-order valence-electron chi connectivity index (χ3n) is 3.27. The van der Waals surface area contributed by atoms with E-state index in [4.69, 9.17) is 4.74 Å². The van der Waals surface area contributed by atoms with Gasteiger partial charge in [-0.1, -0.05) is 0 Å². The molecule has 6 heteroatoms. The molecule has 94 valence electrons. The number of rotatable bonds is 3. The van der Waals surface area contributed by atoms with Crippen LogP contribution in [0.2, 0.25) is 0 Å². The molecule has 0 radical (unpaired) electrons. The standard InChI is InChI=1S/C10H19NO4S/c12-10(3-4-15-8-10)7-11-9-2-1-5-16(13,14)6-9/h9,11-12H,1-8H2. The highest BCUT2D eigenvalue weighted by Crippen LogP contribution is 2.18. The first-order chi connectivity index (χ1) is 7.49. The zero-order chi connectivity index (χ0) is 11.6. The zero-order valence-electron chi connectivity index (χ0n) is 9.31. The number of hydrogen-bond donors (Lipinski definition) is 2. The molecule has 2 aliphatic heterocycles. The van der Waals surface area contributed by atoms with Gasteiger partial charge in [-0.3, -0.25) is 0 Å². The molecule has 2 N–H and O–H groups in total. The molecular weight excluding hydrogens is 230 g/mol. The van der Waals surface area contributed by atoms with Crippen LogP contribution in [0.4, 0.5) is 0 Å². The monoisotopic (exact) mass is 249 g/mol. The van der Waals surface area contributed by atoms with Gasteiger partial charge < -0.3 is 15.2 Å². The third kappa shape index (κ3) is 3.16. The van der Waals surface area contributed by atoms with Gasteiger partial charge in [-0.15, -0.1) is 0 Å². The number of aliphatic hydroxyl groups is 1. The number of nitrogens with one attached hydrogen (secondary N) is 1. The number of sulfone groups is 1. The fraction of sp³-hybridized carbons (Fsp3) is 1.00. The first-order valence-corrected chi connectivity index (χ1v) is 7.55. The van der Waals surface area contributed by atoms with Crippen molar-refractivity contribution in [3.63, 3.8) is 0 Å². The van der Waals surface area contributed by atoms with Crippen LogP contribution in [0.5, 0.6) is 0 Å². The summed E-state index contributed by atoms with van der Waals surface area (Å²) in [4.78, 5) is 0. The minimum atomic E-state index is -2.87. The van der Waals surface area contributed by atoms with E-state index in [9.17, 15) is 13.5 Å². The molecule has 2 aliphatic rings. The summed E-state index contributed by atoms with van der Waals surface area (Å²) in [5.41, 5.74) is -0.804. The summed E-state index contributed by atoms with van der Waals surface area (Å²) in [5.74, 6) is 0.502. The average molecular weight is 249 g/mol. The van der Waals surface area contributed by atoms with Gasteiger partial charge in [0.1, 0.15) is 5.60 Å². The summed E-state index contributed by atoms with van der Waals surface area (Å²) in [7, 11) is -2.87. The lowest BCUT2D eigenvalue weighted by molar-refractivity contribution is 0.0250. The van der Waals surface area contributed by atoms with Crippen molar-refractivity contribution in [3.8, 4) is 0 Å². The summed E-state index contributed by atoms with van der Waals surface area (Å²) in [6, 6.07) is -0.0108. The van der Waals surface area contributed by atoms with E-state index in [0.717, 1.165) is 12.8 Å². The molecule has 0 spiro atoms. The van der Waals surface area contributed by atoms with Crippen LogP contribution in [0.15, 0.2) is 0 Å². The Balaban J connectivity index is 1.81. The molecule has 0 amide bonds. The average Bonchev–Trinajstić information content (AvgIpc) is 2.62. The molecular formula is C10H19NO4S. The Hall–Kier alpha value is -0.170. The highest BCUT2D eigenvalue weighted by atomic mass is 32.2. The van der Waals surface area contributed by atoms with Gasteiger partial charge in [-0.25, -0.2) is 8.42 Å². The molecule has 2 atom stereocenters. The Morgan fingerprint density at radius 3 is 2.94 bits per heavy atom. The quantitative estimate of drug-likeness (QED) is 0.692. The Labute approximate surface area is 96.1 Å². The normalized spacial score (nSPS) is 38.7. The molecule has 16 heavy (non-hydrogen) atoms. The molecule has 5 nitrogen and oxygen atoms in total. The van der Waals surface area contributed by atoms with Gasteiger partial charge >= 0.3 is 0 Å². The Morgan fingerprint density at radius 2 is 2.31 bits per heavy atom. The molecule has 0 bridgehead atoms. The van der Waals surface area contributed by atoms with Crippen molar-refractivity contribution in [2.24, 2.45) is 0 Å². The van der Waals surface area contributed by atoms with E-state index in [1.165, 1.54) is 0 Å². The van der Waals surface area contributed by atoms with Crippen molar-refractivity contribution in [2.75, 3.05) is 31.3 Å². The Bertz CT molecular complexity index is 335. The highest BCUT2D eigenvalue weighted by molar-refractivity contribution is 7.91. The molecule has 0 aromatic heterocycles. The van der Waals surface area contributed by atoms with E-state index in [0.29, 0.717) is 31.9 Å². The second-order valence-corrected chi connectivity index (χ2v) is 7.09. The van der Waals surface area contributed by atoms with Crippen LogP contribution < -0.4 is 5.32 Å². The predicted molar refractivity (Wildman–Crippen MR) is 60.1 cm³/mol. The Morgan fingerprint density at radius 1 is 1.50 bits per heavy atom. The molecule has 0 saturated carbocycles. The summed E-state index contributed by atoms with van der Waals surface area (Å²) in [6.45, 7) is 1.35. The van der Waals surface area contributed by atoms with Gasteiger partial charge in [0.15, 0.2) is 9.84 Å². The minimum absolute atomic E-state index is 0.0108. The lowest BCUT2D eigenvalue weighted by Gasteiger charge is -2.27. The Kier molecular flexibility index (Phi) is 3.53. The molecule has 2 heterocycles. The number of ether oxygens (including phenoxy) is 1. The molecule has 2 rings (SSSR count). The van der Waals surface area contributed by atoms with E-state index in [2.05, 4.69) is 5.32 Å². The van der Waals surface area contributed by atoms with E-state index < -0.39 is 15.4 Å². The van der Waals surface area contributed by atoms with Crippen molar-refractivity contribution < 1.29 is 18.3 Å². The highest BCUT2D eigenvalue weighted by Gasteiger charge is 2.33. The van der Waals surface area contributed by atoms with Gasteiger partial charge in [0, 0.05) is 25.6 Å². The van der Waals surface area contributed by atoms with Crippen LogP contribution in [-0.2, 0) is 14.6 Å². The maximum atomic E-state index is 11.4. The topological polar surface area (TPSA) is 75.6 Å². The maximum Gasteiger partial charge on any atom is 0.151 e. The van der Waals surface area contributed by atoms with Crippen LogP contribution in [0, 0.1) is 0 Å². The first kappa shape index (κ1) is 12.3. The third-order valence-corrected chi connectivity index (χ3v) is 5.09. The van der Waals surface area contributed by atoms with Crippen molar-refractivity contribution in [2.45, 2.75) is 30.9 Å². The van der Waals surface area contributed by atoms with Crippen LogP contribution >= 0.6 is 0 Å². The summed E-state index contributed by atoms with van der Waals surface area (Å²) >= 11 is 0. The molecule has 0 aliphatic carbocycles. The number of hydrogen-bond acceptors (Lipinski definition) is 5. The van der Waals surface area contributed by atoms with E-state index in [-0.39, 0.29) is 11.8 Å². The van der Waals surface area contributed by atoms with Crippen molar-refractivity contribution >= 4 is 9.84 Å². The van der Waals surface area contributed by atoms with Crippen LogP contribution in [0.25, 0.3) is 0 Å². The van der Waals surface area contributed by atoms with Gasteiger partial charge in [0.25, 0.3) is 0 Å². The lowest BCUT2D eigenvalue weighted by atomic mass is 10.0. The van der Waals surface area contributed by atoms with Crippen LogP contribution in [0.3, 0.4) is 0 Å². The van der Waals surface area contributed by atoms with E-state index >= 15 is 0 Å². The smallest absolute Gasteiger partial charge is 0.151 e. The fourth-order valence-corrected chi connectivity index (χ4v) is 3.92. The molecule has 0 aromatic carbocycles. The SMILES string of the molecule is O=S1(=O)CCCC(NCC2(O)CCOC2)C1. The lowest BCUT2D eigenvalue weighted by Crippen LogP contribution is -2.48. The van der Waals surface area contributed by atoms with E-state index in [1.54, 1.807) is 0 Å². The minimum Gasteiger partial charge on any atom is -0.386 e. The molecule has 0 aromatic rings. The first-order valence-electron chi connectivity index (χ1n) is 5.73. The van der Waals surface area contributed by atoms with Gasteiger partial charge in [-0.2, -0.15) is 0 Å². The molecule has 2 unspecified atom stereocenters. The molecule has 2 saturated heterocycles. The second kappa shape index (κ2) is 4.60. The predicted octanol–water partition coefficient (Wildman–Crippen LogP) is -0.695. The van der Waals surface area contributed by atoms with Gasteiger partial charge in [0.05, 0.1) is 18.1 Å². The van der Waals surface area contributed by atoms with Crippen molar-refractivity contribution in [1.29, 1.82) is 0 Å². The van der Waals surface area contributed by atoms with Gasteiger partial charge in [-0.05, 0) is 12.8 Å². The molecule has 2 fully saturated rings. The van der Waals surface area contributed by atoms with Crippen LogP contribution in [0.1, 0.15) is 19.3 Å². The van der Waals surface area contributed by atoms with Crippen LogP contribution in [-0.4, -0.2) is 56.4 Å². The van der Waals surface area contributed by atoms with E-state index in [1.807, 2.05) is 0 Å². The second-order valence-electron chi connectivity index (χ2n) is 4.86. The summed E-state index contributed by atoms with van der Waals surface area (Å²) < 4.78 is 28.0.